The third kappa shape index (κ3) is 4.04. The topological polar surface area (TPSA) is 58.6 Å². The standard InChI is InChI=1S/C14H19NO3/c16-14(17)13(11-7-8-11)15-9-4-10-18-12-5-2-1-3-6-12/h1-3,5-6,11,13,15H,4,7-10H2,(H,16,17). The number of benzene rings is 1. The fourth-order valence-electron chi connectivity index (χ4n) is 1.92. The van der Waals surface area contributed by atoms with Gasteiger partial charge in [0, 0.05) is 0 Å². The summed E-state index contributed by atoms with van der Waals surface area (Å²) < 4.78 is 5.54. The summed E-state index contributed by atoms with van der Waals surface area (Å²) >= 11 is 0. The molecule has 0 aliphatic heterocycles. The molecule has 1 fully saturated rings. The van der Waals surface area contributed by atoms with E-state index in [0.717, 1.165) is 25.0 Å². The van der Waals surface area contributed by atoms with Crippen molar-refractivity contribution in [2.24, 2.45) is 5.92 Å². The first kappa shape index (κ1) is 12.9. The lowest BCUT2D eigenvalue weighted by atomic mass is 10.2. The van der Waals surface area contributed by atoms with Crippen molar-refractivity contribution < 1.29 is 14.6 Å². The van der Waals surface area contributed by atoms with E-state index in [1.54, 1.807) is 0 Å². The molecule has 1 aliphatic carbocycles. The fourth-order valence-corrected chi connectivity index (χ4v) is 1.92. The Kier molecular flexibility index (Phi) is 4.59. The number of ether oxygens (including phenoxy) is 1. The minimum atomic E-state index is -0.735. The number of hydrogen-bond acceptors (Lipinski definition) is 3. The molecule has 1 saturated carbocycles. The second-order valence-electron chi connectivity index (χ2n) is 4.62. The number of hydrogen-bond donors (Lipinski definition) is 2. The number of carboxylic acid groups (broad SMARTS) is 1. The molecule has 1 aliphatic rings. The summed E-state index contributed by atoms with van der Waals surface area (Å²) in [5.41, 5.74) is 0. The van der Waals surface area contributed by atoms with Gasteiger partial charge in [0.25, 0.3) is 0 Å². The van der Waals surface area contributed by atoms with Gasteiger partial charge in [0.1, 0.15) is 11.8 Å². The predicted molar refractivity (Wildman–Crippen MR) is 68.7 cm³/mol. The maximum atomic E-state index is 11.0. The molecule has 0 radical (unpaired) electrons. The second kappa shape index (κ2) is 6.40. The molecule has 1 aromatic rings. The first-order chi connectivity index (χ1) is 8.77. The van der Waals surface area contributed by atoms with Crippen molar-refractivity contribution in [3.8, 4) is 5.75 Å². The molecular formula is C14H19NO3. The monoisotopic (exact) mass is 249 g/mol. The second-order valence-corrected chi connectivity index (χ2v) is 4.62. The maximum Gasteiger partial charge on any atom is 0.320 e. The van der Waals surface area contributed by atoms with E-state index in [1.165, 1.54) is 0 Å². The van der Waals surface area contributed by atoms with Crippen LogP contribution >= 0.6 is 0 Å². The molecule has 0 amide bonds. The summed E-state index contributed by atoms with van der Waals surface area (Å²) in [6.07, 6.45) is 2.88. The van der Waals surface area contributed by atoms with Crippen molar-refractivity contribution in [3.05, 3.63) is 30.3 Å². The van der Waals surface area contributed by atoms with Crippen molar-refractivity contribution in [2.45, 2.75) is 25.3 Å². The summed E-state index contributed by atoms with van der Waals surface area (Å²) in [6, 6.07) is 9.26. The quantitative estimate of drug-likeness (QED) is 0.691. The van der Waals surface area contributed by atoms with Crippen molar-refractivity contribution in [1.29, 1.82) is 0 Å². The van der Waals surface area contributed by atoms with E-state index in [-0.39, 0.29) is 6.04 Å². The van der Waals surface area contributed by atoms with Gasteiger partial charge in [0.2, 0.25) is 0 Å². The lowest BCUT2D eigenvalue weighted by Crippen LogP contribution is -2.39. The number of aliphatic carboxylic acids is 1. The van der Waals surface area contributed by atoms with Crippen LogP contribution < -0.4 is 10.1 Å². The van der Waals surface area contributed by atoms with Crippen LogP contribution in [0.5, 0.6) is 5.75 Å². The average Bonchev–Trinajstić information content (AvgIpc) is 3.19. The number of rotatable bonds is 8. The minimum absolute atomic E-state index is 0.331. The summed E-state index contributed by atoms with van der Waals surface area (Å²) in [6.45, 7) is 1.29. The van der Waals surface area contributed by atoms with Gasteiger partial charge in [0.15, 0.2) is 0 Å². The molecule has 0 bridgehead atoms. The van der Waals surface area contributed by atoms with Crippen LogP contribution in [-0.2, 0) is 4.79 Å². The third-order valence-corrected chi connectivity index (χ3v) is 3.06. The Labute approximate surface area is 107 Å². The Hall–Kier alpha value is -1.55. The van der Waals surface area contributed by atoms with Gasteiger partial charge in [-0.2, -0.15) is 0 Å². The van der Waals surface area contributed by atoms with Gasteiger partial charge >= 0.3 is 5.97 Å². The Bertz CT molecular complexity index is 376. The van der Waals surface area contributed by atoms with Crippen LogP contribution in [0.1, 0.15) is 19.3 Å². The lowest BCUT2D eigenvalue weighted by Gasteiger charge is -2.13. The van der Waals surface area contributed by atoms with Crippen LogP contribution in [-0.4, -0.2) is 30.3 Å². The number of nitrogens with one attached hydrogen (secondary N) is 1. The van der Waals surface area contributed by atoms with Crippen LogP contribution in [0.4, 0.5) is 0 Å². The molecular weight excluding hydrogens is 230 g/mol. The van der Waals surface area contributed by atoms with Crippen LogP contribution in [0.3, 0.4) is 0 Å². The fraction of sp³-hybridized carbons (Fsp3) is 0.500. The normalized spacial score (nSPS) is 16.2. The summed E-state index contributed by atoms with van der Waals surface area (Å²) in [5, 5.41) is 12.1. The molecule has 0 spiro atoms. The van der Waals surface area contributed by atoms with Gasteiger partial charge in [0.05, 0.1) is 6.61 Å². The summed E-state index contributed by atoms with van der Waals surface area (Å²) in [7, 11) is 0. The Morgan fingerprint density at radius 3 is 2.72 bits per heavy atom. The molecule has 0 saturated heterocycles. The molecule has 2 N–H and O–H groups in total. The molecule has 4 nitrogen and oxygen atoms in total. The number of carboxylic acids is 1. The molecule has 1 atom stereocenters. The van der Waals surface area contributed by atoms with E-state index in [2.05, 4.69) is 5.32 Å². The molecule has 4 heteroatoms. The Balaban J connectivity index is 1.59. The zero-order valence-corrected chi connectivity index (χ0v) is 10.3. The molecule has 2 rings (SSSR count). The Morgan fingerprint density at radius 2 is 2.11 bits per heavy atom. The highest BCUT2D eigenvalue weighted by Gasteiger charge is 2.35. The van der Waals surface area contributed by atoms with Crippen molar-refractivity contribution in [3.63, 3.8) is 0 Å². The van der Waals surface area contributed by atoms with Crippen molar-refractivity contribution >= 4 is 5.97 Å². The third-order valence-electron chi connectivity index (χ3n) is 3.06. The predicted octanol–water partition coefficient (Wildman–Crippen LogP) is 1.91. The lowest BCUT2D eigenvalue weighted by molar-refractivity contribution is -0.140. The SMILES string of the molecule is O=C(O)C(NCCCOc1ccccc1)C1CC1. The van der Waals surface area contributed by atoms with E-state index < -0.39 is 5.97 Å². The number of carbonyl (C=O) groups is 1. The largest absolute Gasteiger partial charge is 0.494 e. The first-order valence-electron chi connectivity index (χ1n) is 6.41. The first-order valence-corrected chi connectivity index (χ1v) is 6.41. The van der Waals surface area contributed by atoms with E-state index in [4.69, 9.17) is 9.84 Å². The summed E-state index contributed by atoms with van der Waals surface area (Å²) in [4.78, 5) is 11.0. The molecule has 0 heterocycles. The van der Waals surface area contributed by atoms with E-state index in [0.29, 0.717) is 19.1 Å². The smallest absolute Gasteiger partial charge is 0.320 e. The van der Waals surface area contributed by atoms with Gasteiger partial charge in [-0.1, -0.05) is 18.2 Å². The molecule has 1 unspecified atom stereocenters. The van der Waals surface area contributed by atoms with Crippen LogP contribution in [0, 0.1) is 5.92 Å². The van der Waals surface area contributed by atoms with E-state index in [1.807, 2.05) is 30.3 Å². The Morgan fingerprint density at radius 1 is 1.39 bits per heavy atom. The zero-order valence-electron chi connectivity index (χ0n) is 10.3. The average molecular weight is 249 g/mol. The van der Waals surface area contributed by atoms with Crippen LogP contribution in [0.25, 0.3) is 0 Å². The molecule has 98 valence electrons. The highest BCUT2D eigenvalue weighted by Crippen LogP contribution is 2.32. The van der Waals surface area contributed by atoms with Gasteiger partial charge in [-0.3, -0.25) is 4.79 Å². The molecule has 18 heavy (non-hydrogen) atoms. The van der Waals surface area contributed by atoms with Crippen molar-refractivity contribution in [2.75, 3.05) is 13.2 Å². The van der Waals surface area contributed by atoms with E-state index >= 15 is 0 Å². The maximum absolute atomic E-state index is 11.0. The highest BCUT2D eigenvalue weighted by atomic mass is 16.5. The van der Waals surface area contributed by atoms with Crippen LogP contribution in [0.15, 0.2) is 30.3 Å². The van der Waals surface area contributed by atoms with Gasteiger partial charge < -0.3 is 15.2 Å². The van der Waals surface area contributed by atoms with E-state index in [9.17, 15) is 4.79 Å². The van der Waals surface area contributed by atoms with Gasteiger partial charge in [-0.25, -0.2) is 0 Å². The molecule has 1 aromatic carbocycles. The summed E-state index contributed by atoms with van der Waals surface area (Å²) in [5.74, 6) is 0.452. The van der Waals surface area contributed by atoms with Crippen molar-refractivity contribution in [1.82, 2.24) is 5.32 Å². The number of para-hydroxylation sites is 1. The van der Waals surface area contributed by atoms with Gasteiger partial charge in [-0.15, -0.1) is 0 Å². The van der Waals surface area contributed by atoms with Crippen LogP contribution in [0.2, 0.25) is 0 Å². The minimum Gasteiger partial charge on any atom is -0.494 e. The highest BCUT2D eigenvalue weighted by molar-refractivity contribution is 5.74. The zero-order chi connectivity index (χ0) is 12.8. The van der Waals surface area contributed by atoms with Gasteiger partial charge in [-0.05, 0) is 43.9 Å². The molecule has 0 aromatic heterocycles.